The van der Waals surface area contributed by atoms with Crippen molar-refractivity contribution in [2.75, 3.05) is 5.73 Å². The van der Waals surface area contributed by atoms with E-state index in [1.54, 1.807) is 0 Å². The van der Waals surface area contributed by atoms with Gasteiger partial charge in [0.25, 0.3) is 0 Å². The highest BCUT2D eigenvalue weighted by molar-refractivity contribution is 9.10. The van der Waals surface area contributed by atoms with Gasteiger partial charge in [-0.25, -0.2) is 4.98 Å². The molecule has 1 aromatic rings. The third-order valence-electron chi connectivity index (χ3n) is 1.08. The Hall–Kier alpha value is -0.980. The number of rotatable bonds is 1. The van der Waals surface area contributed by atoms with Gasteiger partial charge in [-0.05, 0) is 15.9 Å². The molecule has 0 aromatic carbocycles. The highest BCUT2D eigenvalue weighted by Gasteiger charge is 2.31. The Labute approximate surface area is 79.8 Å². The Morgan fingerprint density at radius 2 is 2.08 bits per heavy atom. The molecule has 0 bridgehead atoms. The Morgan fingerprint density at radius 3 is 2.54 bits per heavy atom. The number of ether oxygens (including phenoxy) is 1. The highest BCUT2D eigenvalue weighted by Crippen LogP contribution is 2.25. The van der Waals surface area contributed by atoms with Crippen molar-refractivity contribution in [3.63, 3.8) is 0 Å². The number of nitrogen functional groups attached to an aromatic ring is 1. The van der Waals surface area contributed by atoms with E-state index >= 15 is 0 Å². The van der Waals surface area contributed by atoms with Gasteiger partial charge in [0.05, 0.1) is 10.2 Å². The first-order valence-electron chi connectivity index (χ1n) is 3.05. The Balaban J connectivity index is 2.86. The van der Waals surface area contributed by atoms with Gasteiger partial charge in [-0.3, -0.25) is 0 Å². The quantitative estimate of drug-likeness (QED) is 0.839. The van der Waals surface area contributed by atoms with Crippen molar-refractivity contribution in [1.29, 1.82) is 0 Å². The van der Waals surface area contributed by atoms with E-state index in [0.717, 1.165) is 12.3 Å². The molecule has 0 aliphatic heterocycles. The Bertz CT molecular complexity index is 315. The molecule has 3 nitrogen and oxygen atoms in total. The van der Waals surface area contributed by atoms with Crippen LogP contribution >= 0.6 is 15.9 Å². The van der Waals surface area contributed by atoms with E-state index in [1.165, 1.54) is 0 Å². The lowest BCUT2D eigenvalue weighted by Gasteiger charge is -2.08. The Morgan fingerprint density at radius 1 is 1.46 bits per heavy atom. The second-order valence-electron chi connectivity index (χ2n) is 2.09. The average molecular weight is 257 g/mol. The summed E-state index contributed by atoms with van der Waals surface area (Å²) >= 11 is 2.98. The highest BCUT2D eigenvalue weighted by atomic mass is 79.9. The summed E-state index contributed by atoms with van der Waals surface area (Å²) in [6, 6.07) is 0.984. The second kappa shape index (κ2) is 3.41. The normalized spacial score (nSPS) is 11.4. The summed E-state index contributed by atoms with van der Waals surface area (Å²) in [5.74, 6) is -0.576. The fourth-order valence-corrected chi connectivity index (χ4v) is 0.825. The van der Waals surface area contributed by atoms with Crippen LogP contribution in [0.2, 0.25) is 0 Å². The van der Waals surface area contributed by atoms with Crippen LogP contribution in [-0.4, -0.2) is 11.3 Å². The molecule has 7 heteroatoms. The maximum atomic E-state index is 11.7. The van der Waals surface area contributed by atoms with Gasteiger partial charge >= 0.3 is 6.36 Å². The van der Waals surface area contributed by atoms with E-state index in [4.69, 9.17) is 5.73 Å². The largest absolute Gasteiger partial charge is 0.574 e. The number of anilines is 1. The zero-order valence-corrected chi connectivity index (χ0v) is 7.69. The van der Waals surface area contributed by atoms with E-state index in [0.29, 0.717) is 4.47 Å². The van der Waals surface area contributed by atoms with Crippen molar-refractivity contribution >= 4 is 21.6 Å². The molecule has 0 aliphatic carbocycles. The number of nitrogens with two attached hydrogens (primary N) is 1. The molecule has 0 radical (unpaired) electrons. The lowest BCUT2D eigenvalue weighted by molar-refractivity contribution is -0.276. The van der Waals surface area contributed by atoms with E-state index in [2.05, 4.69) is 25.7 Å². The van der Waals surface area contributed by atoms with Gasteiger partial charge < -0.3 is 10.5 Å². The van der Waals surface area contributed by atoms with E-state index in [9.17, 15) is 13.2 Å². The SMILES string of the molecule is Nc1cc(OC(F)(F)F)ncc1Br. The minimum absolute atomic E-state index is 0.134. The van der Waals surface area contributed by atoms with Gasteiger partial charge in [-0.1, -0.05) is 0 Å². The van der Waals surface area contributed by atoms with Gasteiger partial charge in [0.1, 0.15) is 0 Å². The summed E-state index contributed by atoms with van der Waals surface area (Å²) < 4.78 is 38.9. The number of alkyl halides is 3. The predicted molar refractivity (Wildman–Crippen MR) is 43.0 cm³/mol. The van der Waals surface area contributed by atoms with Crippen molar-refractivity contribution in [3.8, 4) is 5.88 Å². The van der Waals surface area contributed by atoms with E-state index in [1.807, 2.05) is 0 Å². The number of hydrogen-bond acceptors (Lipinski definition) is 3. The molecule has 0 unspecified atom stereocenters. The maximum Gasteiger partial charge on any atom is 0.574 e. The molecule has 72 valence electrons. The van der Waals surface area contributed by atoms with Crippen molar-refractivity contribution in [1.82, 2.24) is 4.98 Å². The maximum absolute atomic E-state index is 11.7. The van der Waals surface area contributed by atoms with Crippen molar-refractivity contribution in [2.24, 2.45) is 0 Å². The standard InChI is InChI=1S/C6H4BrF3N2O/c7-3-2-12-5(1-4(3)11)13-6(8,9)10/h1-2H,(H2,11,12). The first kappa shape index (κ1) is 10.1. The second-order valence-corrected chi connectivity index (χ2v) is 2.95. The van der Waals surface area contributed by atoms with E-state index < -0.39 is 12.2 Å². The smallest absolute Gasteiger partial charge is 0.398 e. The van der Waals surface area contributed by atoms with Crippen LogP contribution in [0.25, 0.3) is 0 Å². The van der Waals surface area contributed by atoms with Crippen LogP contribution in [0.1, 0.15) is 0 Å². The van der Waals surface area contributed by atoms with E-state index in [-0.39, 0.29) is 5.69 Å². The molecular formula is C6H4BrF3N2O. The molecule has 1 heterocycles. The molecule has 0 atom stereocenters. The van der Waals surface area contributed by atoms with Crippen LogP contribution in [0.15, 0.2) is 16.7 Å². The first-order chi connectivity index (χ1) is 5.88. The zero-order chi connectivity index (χ0) is 10.1. The number of hydrogen-bond donors (Lipinski definition) is 1. The molecule has 13 heavy (non-hydrogen) atoms. The minimum atomic E-state index is -4.74. The van der Waals surface area contributed by atoms with Crippen LogP contribution in [0, 0.1) is 0 Å². The van der Waals surface area contributed by atoms with Crippen LogP contribution in [0.4, 0.5) is 18.9 Å². The predicted octanol–water partition coefficient (Wildman–Crippen LogP) is 2.32. The molecule has 0 amide bonds. The topological polar surface area (TPSA) is 48.1 Å². The van der Waals surface area contributed by atoms with Crippen molar-refractivity contribution in [3.05, 3.63) is 16.7 Å². The summed E-state index contributed by atoms with van der Waals surface area (Å²) in [5.41, 5.74) is 5.44. The minimum Gasteiger partial charge on any atom is -0.398 e. The van der Waals surface area contributed by atoms with Gasteiger partial charge in [0.15, 0.2) is 0 Å². The number of aromatic nitrogens is 1. The molecule has 0 spiro atoms. The van der Waals surface area contributed by atoms with Crippen LogP contribution in [0.3, 0.4) is 0 Å². The Kier molecular flexibility index (Phi) is 2.65. The molecule has 2 N–H and O–H groups in total. The molecule has 0 aliphatic rings. The summed E-state index contributed by atoms with van der Waals surface area (Å²) in [4.78, 5) is 3.36. The van der Waals surface area contributed by atoms with Gasteiger partial charge in [-0.15, -0.1) is 13.2 Å². The molecule has 0 saturated carbocycles. The third kappa shape index (κ3) is 3.10. The summed E-state index contributed by atoms with van der Waals surface area (Å²) in [7, 11) is 0. The first-order valence-corrected chi connectivity index (χ1v) is 3.84. The van der Waals surface area contributed by atoms with Crippen molar-refractivity contribution in [2.45, 2.75) is 6.36 Å². The fraction of sp³-hybridized carbons (Fsp3) is 0.167. The molecule has 0 fully saturated rings. The van der Waals surface area contributed by atoms with Gasteiger partial charge in [0, 0.05) is 12.3 Å². The monoisotopic (exact) mass is 256 g/mol. The number of halogens is 4. The fourth-order valence-electron chi connectivity index (χ4n) is 0.608. The summed E-state index contributed by atoms with van der Waals surface area (Å²) in [5, 5.41) is 0. The molecule has 1 rings (SSSR count). The lowest BCUT2D eigenvalue weighted by Crippen LogP contribution is -2.18. The average Bonchev–Trinajstić information content (AvgIpc) is 1.94. The van der Waals surface area contributed by atoms with Crippen LogP contribution < -0.4 is 10.5 Å². The summed E-state index contributed by atoms with van der Waals surface area (Å²) in [6.07, 6.45) is -3.61. The number of pyridine rings is 1. The van der Waals surface area contributed by atoms with Gasteiger partial charge in [-0.2, -0.15) is 0 Å². The number of nitrogens with zero attached hydrogens (tertiary/aromatic N) is 1. The molecular weight excluding hydrogens is 253 g/mol. The van der Waals surface area contributed by atoms with Crippen molar-refractivity contribution < 1.29 is 17.9 Å². The lowest BCUT2D eigenvalue weighted by atomic mass is 10.4. The molecule has 0 saturated heterocycles. The summed E-state index contributed by atoms with van der Waals surface area (Å²) in [6.45, 7) is 0. The molecule has 1 aromatic heterocycles. The van der Waals surface area contributed by atoms with Gasteiger partial charge in [0.2, 0.25) is 5.88 Å². The van der Waals surface area contributed by atoms with Crippen LogP contribution in [-0.2, 0) is 0 Å². The third-order valence-corrected chi connectivity index (χ3v) is 1.74. The zero-order valence-electron chi connectivity index (χ0n) is 6.10. The van der Waals surface area contributed by atoms with Crippen LogP contribution in [0.5, 0.6) is 5.88 Å².